The van der Waals surface area contributed by atoms with Crippen molar-refractivity contribution in [2.24, 2.45) is 17.3 Å². The molecule has 1 aromatic heterocycles. The average molecular weight is 377 g/mol. The zero-order valence-corrected chi connectivity index (χ0v) is 16.5. The monoisotopic (exact) mass is 377 g/mol. The third-order valence-corrected chi connectivity index (χ3v) is 7.70. The highest BCUT2D eigenvalue weighted by molar-refractivity contribution is 5.75. The first-order chi connectivity index (χ1) is 12.8. The summed E-state index contributed by atoms with van der Waals surface area (Å²) in [5, 5.41) is 15.2. The summed E-state index contributed by atoms with van der Waals surface area (Å²) in [5.41, 5.74) is -1.85. The van der Waals surface area contributed by atoms with E-state index in [1.165, 1.54) is 0 Å². The molecule has 3 aliphatic rings. The number of ether oxygens (including phenoxy) is 2. The topological polar surface area (TPSA) is 80.9 Å². The lowest BCUT2D eigenvalue weighted by Gasteiger charge is -2.62. The van der Waals surface area contributed by atoms with Gasteiger partial charge >= 0.3 is 5.97 Å². The molecule has 6 heteroatoms. The van der Waals surface area contributed by atoms with Gasteiger partial charge in [-0.15, -0.1) is 0 Å². The van der Waals surface area contributed by atoms with E-state index in [1.807, 2.05) is 19.1 Å². The molecule has 6 atom stereocenters. The Kier molecular flexibility index (Phi) is 4.64. The van der Waals surface area contributed by atoms with E-state index >= 15 is 0 Å². The molecule has 1 saturated heterocycles. The summed E-state index contributed by atoms with van der Waals surface area (Å²) >= 11 is 0. The Morgan fingerprint density at radius 3 is 2.85 bits per heavy atom. The molecule has 0 radical (unpaired) electrons. The summed E-state index contributed by atoms with van der Waals surface area (Å²) in [6.07, 6.45) is 5.56. The van der Waals surface area contributed by atoms with Gasteiger partial charge in [-0.25, -0.2) is 0 Å². The second-order valence-corrected chi connectivity index (χ2v) is 9.07. The zero-order valence-electron chi connectivity index (χ0n) is 16.5. The van der Waals surface area contributed by atoms with Crippen LogP contribution in [0.4, 0.5) is 0 Å². The number of fused-ring (bicyclic) bond motifs is 2. The molecular formula is C21H31NO5. The van der Waals surface area contributed by atoms with E-state index in [-0.39, 0.29) is 29.3 Å². The smallest absolute Gasteiger partial charge is 0.310 e. The van der Waals surface area contributed by atoms with Crippen molar-refractivity contribution in [2.75, 3.05) is 13.7 Å². The number of furan rings is 1. The van der Waals surface area contributed by atoms with Gasteiger partial charge in [0, 0.05) is 25.0 Å². The Bertz CT molecular complexity index is 691. The van der Waals surface area contributed by atoms with Crippen LogP contribution < -0.4 is 5.32 Å². The third-order valence-electron chi connectivity index (χ3n) is 7.70. The number of nitrogens with one attached hydrogen (secondary N) is 1. The summed E-state index contributed by atoms with van der Waals surface area (Å²) < 4.78 is 17.0. The summed E-state index contributed by atoms with van der Waals surface area (Å²) in [5.74, 6) is 0.447. The van der Waals surface area contributed by atoms with Crippen LogP contribution in [-0.2, 0) is 20.8 Å². The van der Waals surface area contributed by atoms with Gasteiger partial charge in [-0.1, -0.05) is 6.92 Å². The number of aliphatic hydroxyl groups is 1. The molecule has 2 saturated carbocycles. The third kappa shape index (κ3) is 2.84. The van der Waals surface area contributed by atoms with Crippen molar-refractivity contribution in [3.05, 3.63) is 24.2 Å². The number of methoxy groups -OCH3 is 1. The van der Waals surface area contributed by atoms with E-state index in [1.54, 1.807) is 13.4 Å². The van der Waals surface area contributed by atoms with E-state index in [0.29, 0.717) is 25.9 Å². The maximum Gasteiger partial charge on any atom is 0.310 e. The summed E-state index contributed by atoms with van der Waals surface area (Å²) in [4.78, 5) is 12.6. The molecular weight excluding hydrogens is 346 g/mol. The minimum Gasteiger partial charge on any atom is -0.468 e. The largest absolute Gasteiger partial charge is 0.468 e. The number of esters is 1. The molecule has 2 heterocycles. The second-order valence-electron chi connectivity index (χ2n) is 9.07. The number of hydrogen-bond donors (Lipinski definition) is 2. The molecule has 0 aromatic carbocycles. The van der Waals surface area contributed by atoms with Crippen LogP contribution in [0.1, 0.15) is 51.7 Å². The first-order valence-electron chi connectivity index (χ1n) is 10.0. The molecule has 0 spiro atoms. The van der Waals surface area contributed by atoms with Crippen LogP contribution in [0.5, 0.6) is 0 Å². The van der Waals surface area contributed by atoms with Crippen LogP contribution in [0.2, 0.25) is 0 Å². The van der Waals surface area contributed by atoms with Gasteiger partial charge in [-0.3, -0.25) is 4.79 Å². The Balaban J connectivity index is 1.52. The molecule has 27 heavy (non-hydrogen) atoms. The summed E-state index contributed by atoms with van der Waals surface area (Å²) in [7, 11) is 1.69. The Labute approximate surface area is 160 Å². The van der Waals surface area contributed by atoms with Crippen LogP contribution in [0.15, 0.2) is 22.8 Å². The molecule has 0 bridgehead atoms. The minimum atomic E-state index is -0.957. The van der Waals surface area contributed by atoms with Gasteiger partial charge in [0.05, 0.1) is 29.9 Å². The van der Waals surface area contributed by atoms with Crippen LogP contribution in [0.3, 0.4) is 0 Å². The molecule has 6 nitrogen and oxygen atoms in total. The van der Waals surface area contributed by atoms with Gasteiger partial charge in [0.15, 0.2) is 0 Å². The highest BCUT2D eigenvalue weighted by Gasteiger charge is 2.67. The van der Waals surface area contributed by atoms with Crippen LogP contribution >= 0.6 is 0 Å². The molecule has 1 aliphatic heterocycles. The normalized spacial score (nSPS) is 43.9. The number of carbonyl (C=O) groups excluding carboxylic acids is 1. The van der Waals surface area contributed by atoms with E-state index < -0.39 is 11.2 Å². The molecule has 1 aromatic rings. The van der Waals surface area contributed by atoms with Gasteiger partial charge in [0.2, 0.25) is 0 Å². The SMILES string of the molecule is CO[C@]1(C)CCC[C@]2(C)C[C@H]3OC(=O)C(CNCc4ccco4)[C@H]3CC21O. The Morgan fingerprint density at radius 1 is 1.33 bits per heavy atom. The van der Waals surface area contributed by atoms with E-state index in [0.717, 1.165) is 25.0 Å². The lowest BCUT2D eigenvalue weighted by Crippen LogP contribution is -2.69. The quantitative estimate of drug-likeness (QED) is 0.768. The van der Waals surface area contributed by atoms with Crippen molar-refractivity contribution in [1.82, 2.24) is 5.32 Å². The van der Waals surface area contributed by atoms with Gasteiger partial charge < -0.3 is 24.3 Å². The summed E-state index contributed by atoms with van der Waals surface area (Å²) in [6, 6.07) is 3.76. The molecule has 0 amide bonds. The first kappa shape index (κ1) is 19.0. The van der Waals surface area contributed by atoms with Crippen molar-refractivity contribution in [3.63, 3.8) is 0 Å². The summed E-state index contributed by atoms with van der Waals surface area (Å²) in [6.45, 7) is 5.26. The zero-order chi connectivity index (χ0) is 19.3. The molecule has 4 rings (SSSR count). The van der Waals surface area contributed by atoms with Gasteiger partial charge in [0.1, 0.15) is 11.9 Å². The minimum absolute atomic E-state index is 0.00671. The number of carbonyl (C=O) groups is 1. The van der Waals surface area contributed by atoms with Crippen molar-refractivity contribution >= 4 is 5.97 Å². The van der Waals surface area contributed by atoms with Crippen LogP contribution in [0.25, 0.3) is 0 Å². The van der Waals surface area contributed by atoms with Crippen LogP contribution in [-0.4, -0.2) is 42.0 Å². The molecule has 2 N–H and O–H groups in total. The van der Waals surface area contributed by atoms with E-state index in [9.17, 15) is 9.90 Å². The predicted octanol–water partition coefficient (Wildman–Crippen LogP) is 2.65. The van der Waals surface area contributed by atoms with Crippen molar-refractivity contribution in [2.45, 2.75) is 69.8 Å². The lowest BCUT2D eigenvalue weighted by molar-refractivity contribution is -0.270. The molecule has 3 fully saturated rings. The van der Waals surface area contributed by atoms with Gasteiger partial charge in [-0.2, -0.15) is 0 Å². The molecule has 2 aliphatic carbocycles. The molecule has 2 unspecified atom stereocenters. The van der Waals surface area contributed by atoms with Crippen molar-refractivity contribution in [3.8, 4) is 0 Å². The fourth-order valence-electron chi connectivity index (χ4n) is 5.88. The maximum absolute atomic E-state index is 12.6. The number of hydrogen-bond acceptors (Lipinski definition) is 6. The lowest BCUT2D eigenvalue weighted by atomic mass is 9.49. The predicted molar refractivity (Wildman–Crippen MR) is 98.8 cm³/mol. The van der Waals surface area contributed by atoms with Crippen molar-refractivity contribution in [1.29, 1.82) is 0 Å². The number of rotatable bonds is 5. The fraction of sp³-hybridized carbons (Fsp3) is 0.762. The van der Waals surface area contributed by atoms with Crippen molar-refractivity contribution < 1.29 is 23.8 Å². The maximum atomic E-state index is 12.6. The Morgan fingerprint density at radius 2 is 2.15 bits per heavy atom. The Hall–Kier alpha value is -1.37. The van der Waals surface area contributed by atoms with Crippen LogP contribution in [0, 0.1) is 17.3 Å². The first-order valence-corrected chi connectivity index (χ1v) is 10.0. The van der Waals surface area contributed by atoms with E-state index in [2.05, 4.69) is 12.2 Å². The average Bonchev–Trinajstić information content (AvgIpc) is 3.23. The molecule has 150 valence electrons. The highest BCUT2D eigenvalue weighted by Crippen LogP contribution is 2.61. The fourth-order valence-corrected chi connectivity index (χ4v) is 5.88. The second kappa shape index (κ2) is 6.61. The van der Waals surface area contributed by atoms with E-state index in [4.69, 9.17) is 13.9 Å². The van der Waals surface area contributed by atoms with Gasteiger partial charge in [0.25, 0.3) is 0 Å². The van der Waals surface area contributed by atoms with Gasteiger partial charge in [-0.05, 0) is 51.2 Å². The highest BCUT2D eigenvalue weighted by atomic mass is 16.6. The standard InChI is InChI=1S/C21H31NO5/c1-19-7-5-8-20(2,25-3)21(19,24)10-15-16(18(23)27-17(15)11-19)13-22-12-14-6-4-9-26-14/h4,6,9,15-17,22,24H,5,7-8,10-13H2,1-3H3/t15-,16?,17-,19-,20-,21?/m1/s1.